The molecule has 1 atom stereocenters. The number of anilines is 1. The number of hydrogen-bond acceptors (Lipinski definition) is 4. The molecule has 2 rings (SSSR count). The lowest BCUT2D eigenvalue weighted by Crippen LogP contribution is -2.39. The quantitative estimate of drug-likeness (QED) is 0.927. The van der Waals surface area contributed by atoms with Crippen molar-refractivity contribution >= 4 is 16.5 Å². The molecule has 1 aliphatic rings. The Hall–Kier alpha value is -0.820. The highest BCUT2D eigenvalue weighted by Crippen LogP contribution is 2.36. The van der Waals surface area contributed by atoms with Crippen LogP contribution in [0.5, 0.6) is 0 Å². The first-order valence-electron chi connectivity index (χ1n) is 6.36. The summed E-state index contributed by atoms with van der Waals surface area (Å²) in [6.07, 6.45) is -3.72. The fourth-order valence-corrected chi connectivity index (χ4v) is 3.14. The van der Waals surface area contributed by atoms with Crippen LogP contribution in [0, 0.1) is 5.92 Å². The maximum atomic E-state index is 12.6. The van der Waals surface area contributed by atoms with E-state index in [1.165, 1.54) is 11.3 Å². The van der Waals surface area contributed by atoms with Crippen LogP contribution in [0.15, 0.2) is 5.38 Å². The van der Waals surface area contributed by atoms with E-state index in [1.807, 2.05) is 24.3 Å². The summed E-state index contributed by atoms with van der Waals surface area (Å²) in [6, 6.07) is 0.165. The van der Waals surface area contributed by atoms with E-state index >= 15 is 0 Å². The molecular formula is C12H18F3N3S. The fourth-order valence-electron chi connectivity index (χ4n) is 2.17. The molecule has 1 fully saturated rings. The van der Waals surface area contributed by atoms with Crippen LogP contribution in [0.2, 0.25) is 0 Å². The van der Waals surface area contributed by atoms with E-state index < -0.39 is 12.1 Å². The minimum absolute atomic E-state index is 0.165. The number of aromatic nitrogens is 1. The van der Waals surface area contributed by atoms with Gasteiger partial charge < -0.3 is 10.2 Å². The summed E-state index contributed by atoms with van der Waals surface area (Å²) in [7, 11) is 1.86. The molecule has 19 heavy (non-hydrogen) atoms. The molecule has 3 nitrogen and oxygen atoms in total. The summed E-state index contributed by atoms with van der Waals surface area (Å²) in [5.41, 5.74) is 0.945. The molecule has 1 aliphatic heterocycles. The van der Waals surface area contributed by atoms with Crippen LogP contribution in [0.4, 0.5) is 18.3 Å². The van der Waals surface area contributed by atoms with Gasteiger partial charge in [0.05, 0.1) is 11.6 Å². The average Bonchev–Trinajstić information content (AvgIpc) is 2.86. The molecule has 1 unspecified atom stereocenters. The lowest BCUT2D eigenvalue weighted by molar-refractivity contribution is -0.179. The predicted octanol–water partition coefficient (Wildman–Crippen LogP) is 3.20. The number of halogens is 3. The average molecular weight is 293 g/mol. The first kappa shape index (κ1) is 14.6. The van der Waals surface area contributed by atoms with Crippen molar-refractivity contribution in [1.29, 1.82) is 0 Å². The van der Waals surface area contributed by atoms with Gasteiger partial charge in [0.15, 0.2) is 5.13 Å². The van der Waals surface area contributed by atoms with Gasteiger partial charge in [-0.2, -0.15) is 13.2 Å². The van der Waals surface area contributed by atoms with Crippen molar-refractivity contribution < 1.29 is 13.2 Å². The molecule has 108 valence electrons. The standard InChI is InChI=1S/C12H18F3N3S/c1-8(16-2)10-7-19-11(17-10)18-5-3-9(4-6-18)12(13,14)15/h7-9,16H,3-6H2,1-2H3. The van der Waals surface area contributed by atoms with E-state index in [0.717, 1.165) is 10.8 Å². The van der Waals surface area contributed by atoms with Crippen LogP contribution in [0.25, 0.3) is 0 Å². The number of piperidine rings is 1. The summed E-state index contributed by atoms with van der Waals surface area (Å²) in [5, 5.41) is 5.90. The van der Waals surface area contributed by atoms with E-state index in [4.69, 9.17) is 0 Å². The summed E-state index contributed by atoms with van der Waals surface area (Å²) >= 11 is 1.50. The normalized spacial score (nSPS) is 19.7. The molecule has 0 bridgehead atoms. The van der Waals surface area contributed by atoms with Gasteiger partial charge in [-0.1, -0.05) is 0 Å². The second-order valence-electron chi connectivity index (χ2n) is 4.87. The molecule has 1 saturated heterocycles. The molecule has 1 N–H and O–H groups in total. The topological polar surface area (TPSA) is 28.2 Å². The largest absolute Gasteiger partial charge is 0.391 e. The third-order valence-corrected chi connectivity index (χ3v) is 4.53. The van der Waals surface area contributed by atoms with Crippen LogP contribution < -0.4 is 10.2 Å². The molecule has 0 amide bonds. The monoisotopic (exact) mass is 293 g/mol. The van der Waals surface area contributed by atoms with E-state index in [2.05, 4.69) is 10.3 Å². The van der Waals surface area contributed by atoms with Crippen molar-refractivity contribution in [3.8, 4) is 0 Å². The number of hydrogen-bond donors (Lipinski definition) is 1. The molecule has 0 radical (unpaired) electrons. The molecule has 0 saturated carbocycles. The van der Waals surface area contributed by atoms with Gasteiger partial charge in [-0.05, 0) is 26.8 Å². The predicted molar refractivity (Wildman–Crippen MR) is 70.6 cm³/mol. The fraction of sp³-hybridized carbons (Fsp3) is 0.750. The van der Waals surface area contributed by atoms with E-state index in [0.29, 0.717) is 13.1 Å². The van der Waals surface area contributed by atoms with Gasteiger partial charge in [-0.25, -0.2) is 4.98 Å². The number of alkyl halides is 3. The van der Waals surface area contributed by atoms with Crippen molar-refractivity contribution in [3.05, 3.63) is 11.1 Å². The van der Waals surface area contributed by atoms with Crippen LogP contribution in [-0.4, -0.2) is 31.3 Å². The minimum Gasteiger partial charge on any atom is -0.348 e. The molecule has 0 aromatic carbocycles. The highest BCUT2D eigenvalue weighted by Gasteiger charge is 2.41. The van der Waals surface area contributed by atoms with Crippen molar-refractivity contribution in [2.24, 2.45) is 5.92 Å². The van der Waals surface area contributed by atoms with E-state index in [-0.39, 0.29) is 18.9 Å². The molecule has 2 heterocycles. The first-order valence-corrected chi connectivity index (χ1v) is 7.24. The van der Waals surface area contributed by atoms with Gasteiger partial charge in [-0.15, -0.1) is 11.3 Å². The highest BCUT2D eigenvalue weighted by atomic mass is 32.1. The van der Waals surface area contributed by atoms with Crippen LogP contribution in [0.3, 0.4) is 0 Å². The Kier molecular flexibility index (Phi) is 4.35. The molecule has 7 heteroatoms. The Labute approximate surface area is 114 Å². The Bertz CT molecular complexity index is 411. The van der Waals surface area contributed by atoms with E-state index in [9.17, 15) is 13.2 Å². The molecule has 1 aromatic rings. The van der Waals surface area contributed by atoms with Crippen molar-refractivity contribution in [3.63, 3.8) is 0 Å². The molecule has 1 aromatic heterocycles. The highest BCUT2D eigenvalue weighted by molar-refractivity contribution is 7.13. The van der Waals surface area contributed by atoms with Gasteiger partial charge in [0.1, 0.15) is 0 Å². The summed E-state index contributed by atoms with van der Waals surface area (Å²) in [5.74, 6) is -1.15. The summed E-state index contributed by atoms with van der Waals surface area (Å²) in [6.45, 7) is 2.88. The van der Waals surface area contributed by atoms with Gasteiger partial charge in [0.2, 0.25) is 0 Å². The Morgan fingerprint density at radius 2 is 2.05 bits per heavy atom. The minimum atomic E-state index is -4.05. The van der Waals surface area contributed by atoms with E-state index in [1.54, 1.807) is 0 Å². The smallest absolute Gasteiger partial charge is 0.348 e. The first-order chi connectivity index (χ1) is 8.91. The molecule has 0 spiro atoms. The van der Waals surface area contributed by atoms with Gasteiger partial charge >= 0.3 is 6.18 Å². The van der Waals surface area contributed by atoms with Gasteiger partial charge in [0, 0.05) is 24.5 Å². The zero-order valence-corrected chi connectivity index (χ0v) is 11.8. The third-order valence-electron chi connectivity index (χ3n) is 3.61. The van der Waals surface area contributed by atoms with Gasteiger partial charge in [-0.3, -0.25) is 0 Å². The van der Waals surface area contributed by atoms with Gasteiger partial charge in [0.25, 0.3) is 0 Å². The number of nitrogens with zero attached hydrogens (tertiary/aromatic N) is 2. The third kappa shape index (κ3) is 3.39. The summed E-state index contributed by atoms with van der Waals surface area (Å²) in [4.78, 5) is 6.45. The second-order valence-corrected chi connectivity index (χ2v) is 5.70. The molecule has 0 aliphatic carbocycles. The lowest BCUT2D eigenvalue weighted by Gasteiger charge is -2.32. The SMILES string of the molecule is CNC(C)c1csc(N2CCC(C(F)(F)F)CC2)n1. The Morgan fingerprint density at radius 3 is 2.58 bits per heavy atom. The zero-order valence-electron chi connectivity index (χ0n) is 11.0. The van der Waals surface area contributed by atoms with Crippen LogP contribution in [-0.2, 0) is 0 Å². The Morgan fingerprint density at radius 1 is 1.42 bits per heavy atom. The van der Waals surface area contributed by atoms with Crippen LogP contribution >= 0.6 is 11.3 Å². The maximum Gasteiger partial charge on any atom is 0.391 e. The number of thiazole rings is 1. The van der Waals surface area contributed by atoms with Crippen LogP contribution in [0.1, 0.15) is 31.5 Å². The number of nitrogens with one attached hydrogen (secondary N) is 1. The second kappa shape index (κ2) is 5.66. The van der Waals surface area contributed by atoms with Crippen molar-refractivity contribution in [2.75, 3.05) is 25.0 Å². The van der Waals surface area contributed by atoms with Crippen molar-refractivity contribution in [1.82, 2.24) is 10.3 Å². The van der Waals surface area contributed by atoms with Crippen molar-refractivity contribution in [2.45, 2.75) is 32.0 Å². The Balaban J connectivity index is 1.96. The maximum absolute atomic E-state index is 12.6. The molecular weight excluding hydrogens is 275 g/mol. The lowest BCUT2D eigenvalue weighted by atomic mass is 9.97. The zero-order chi connectivity index (χ0) is 14.0. The summed E-state index contributed by atoms with van der Waals surface area (Å²) < 4.78 is 37.8. The number of rotatable bonds is 3.